The van der Waals surface area contributed by atoms with Crippen molar-refractivity contribution in [2.75, 3.05) is 13.7 Å². The summed E-state index contributed by atoms with van der Waals surface area (Å²) in [7, 11) is 1.62. The highest BCUT2D eigenvalue weighted by atomic mass is 16.5. The Morgan fingerprint density at radius 1 is 1.60 bits per heavy atom. The molecule has 15 heavy (non-hydrogen) atoms. The second-order valence-corrected chi connectivity index (χ2v) is 3.64. The van der Waals surface area contributed by atoms with Gasteiger partial charge in [0.25, 0.3) is 5.91 Å². The van der Waals surface area contributed by atoms with Crippen LogP contribution in [0.5, 0.6) is 5.75 Å². The number of benzene rings is 1. The van der Waals surface area contributed by atoms with E-state index < -0.39 is 0 Å². The first-order valence-electron chi connectivity index (χ1n) is 4.94. The van der Waals surface area contributed by atoms with Gasteiger partial charge in [-0.2, -0.15) is 0 Å². The van der Waals surface area contributed by atoms with Gasteiger partial charge in [0, 0.05) is 24.2 Å². The van der Waals surface area contributed by atoms with Crippen molar-refractivity contribution in [2.45, 2.75) is 12.5 Å². The molecule has 0 aliphatic carbocycles. The molecule has 0 saturated carbocycles. The Morgan fingerprint density at radius 3 is 3.13 bits per heavy atom. The molecule has 1 amide bonds. The summed E-state index contributed by atoms with van der Waals surface area (Å²) >= 11 is 0. The van der Waals surface area contributed by atoms with Gasteiger partial charge in [-0.15, -0.1) is 0 Å². The van der Waals surface area contributed by atoms with Crippen molar-refractivity contribution in [1.82, 2.24) is 5.32 Å². The number of nitrogens with two attached hydrogens (primary N) is 1. The van der Waals surface area contributed by atoms with Crippen LogP contribution in [0.3, 0.4) is 0 Å². The predicted octanol–water partition coefficient (Wildman–Crippen LogP) is 0.308. The highest BCUT2D eigenvalue weighted by molar-refractivity contribution is 5.96. The minimum absolute atomic E-state index is 0.0247. The average molecular weight is 206 g/mol. The first-order chi connectivity index (χ1) is 7.22. The molecule has 0 unspecified atom stereocenters. The number of nitrogens with one attached hydrogen (secondary N) is 1. The van der Waals surface area contributed by atoms with Gasteiger partial charge >= 0.3 is 0 Å². The molecule has 1 aromatic carbocycles. The zero-order valence-corrected chi connectivity index (χ0v) is 8.62. The normalized spacial score (nSPS) is 18.9. The lowest BCUT2D eigenvalue weighted by Crippen LogP contribution is -2.35. The van der Waals surface area contributed by atoms with E-state index in [4.69, 9.17) is 10.5 Å². The molecule has 1 heterocycles. The third kappa shape index (κ3) is 1.80. The maximum Gasteiger partial charge on any atom is 0.251 e. The number of carbonyl (C=O) groups excluding carboxylic acids is 1. The number of fused-ring (bicyclic) bond motifs is 1. The SMILES string of the molecule is CNC(=O)c1cccc2c1C[C@@H](N)CO2. The molecule has 0 radical (unpaired) electrons. The Balaban J connectivity index is 2.44. The zero-order chi connectivity index (χ0) is 10.8. The van der Waals surface area contributed by atoms with Crippen molar-refractivity contribution >= 4 is 5.91 Å². The van der Waals surface area contributed by atoms with E-state index in [-0.39, 0.29) is 11.9 Å². The number of hydrogen-bond acceptors (Lipinski definition) is 3. The van der Waals surface area contributed by atoms with Crippen LogP contribution in [-0.2, 0) is 6.42 Å². The van der Waals surface area contributed by atoms with Crippen LogP contribution in [0.15, 0.2) is 18.2 Å². The topological polar surface area (TPSA) is 64.4 Å². The van der Waals surface area contributed by atoms with Gasteiger partial charge < -0.3 is 15.8 Å². The maximum atomic E-state index is 11.6. The molecule has 1 aliphatic rings. The minimum atomic E-state index is -0.0930. The monoisotopic (exact) mass is 206 g/mol. The van der Waals surface area contributed by atoms with Crippen LogP contribution in [-0.4, -0.2) is 25.6 Å². The number of amides is 1. The molecule has 4 nitrogen and oxygen atoms in total. The van der Waals surface area contributed by atoms with Crippen molar-refractivity contribution in [3.8, 4) is 5.75 Å². The summed E-state index contributed by atoms with van der Waals surface area (Å²) in [6.45, 7) is 0.518. The van der Waals surface area contributed by atoms with E-state index in [2.05, 4.69) is 5.32 Å². The van der Waals surface area contributed by atoms with Crippen LogP contribution in [0, 0.1) is 0 Å². The maximum absolute atomic E-state index is 11.6. The van der Waals surface area contributed by atoms with Crippen molar-refractivity contribution in [1.29, 1.82) is 0 Å². The smallest absolute Gasteiger partial charge is 0.251 e. The van der Waals surface area contributed by atoms with Gasteiger partial charge in [0.15, 0.2) is 0 Å². The predicted molar refractivity (Wildman–Crippen MR) is 57.0 cm³/mol. The lowest BCUT2D eigenvalue weighted by atomic mass is 9.97. The van der Waals surface area contributed by atoms with Gasteiger partial charge in [-0.25, -0.2) is 0 Å². The molecular weight excluding hydrogens is 192 g/mol. The molecule has 1 aromatic rings. The van der Waals surface area contributed by atoms with E-state index in [1.54, 1.807) is 13.1 Å². The lowest BCUT2D eigenvalue weighted by molar-refractivity contribution is 0.0960. The first-order valence-corrected chi connectivity index (χ1v) is 4.94. The highest BCUT2D eigenvalue weighted by Gasteiger charge is 2.21. The standard InChI is InChI=1S/C11H14N2O2/c1-13-11(14)8-3-2-4-10-9(8)5-7(12)6-15-10/h2-4,7H,5-6,12H2,1H3,(H,13,14)/t7-/m1/s1. The van der Waals surface area contributed by atoms with Gasteiger partial charge in [-0.05, 0) is 18.6 Å². The van der Waals surface area contributed by atoms with E-state index >= 15 is 0 Å². The first kappa shape index (κ1) is 9.98. The second-order valence-electron chi connectivity index (χ2n) is 3.64. The third-order valence-corrected chi connectivity index (χ3v) is 2.52. The fourth-order valence-electron chi connectivity index (χ4n) is 1.78. The molecule has 0 spiro atoms. The molecule has 0 bridgehead atoms. The molecule has 3 N–H and O–H groups in total. The van der Waals surface area contributed by atoms with Crippen LogP contribution >= 0.6 is 0 Å². The Hall–Kier alpha value is -1.55. The summed E-state index contributed by atoms with van der Waals surface area (Å²) in [6.07, 6.45) is 0.693. The average Bonchev–Trinajstić information content (AvgIpc) is 2.27. The van der Waals surface area contributed by atoms with Crippen LogP contribution < -0.4 is 15.8 Å². The number of ether oxygens (including phenoxy) is 1. The van der Waals surface area contributed by atoms with E-state index in [1.165, 1.54) is 0 Å². The number of rotatable bonds is 1. The highest BCUT2D eigenvalue weighted by Crippen LogP contribution is 2.27. The van der Waals surface area contributed by atoms with E-state index in [9.17, 15) is 4.79 Å². The molecule has 0 fully saturated rings. The van der Waals surface area contributed by atoms with Crippen LogP contribution in [0.2, 0.25) is 0 Å². The second kappa shape index (κ2) is 3.90. The molecule has 80 valence electrons. The fourth-order valence-corrected chi connectivity index (χ4v) is 1.78. The zero-order valence-electron chi connectivity index (χ0n) is 8.62. The van der Waals surface area contributed by atoms with Gasteiger partial charge in [0.1, 0.15) is 12.4 Å². The van der Waals surface area contributed by atoms with Crippen LogP contribution in [0.4, 0.5) is 0 Å². The molecule has 1 atom stereocenters. The van der Waals surface area contributed by atoms with Crippen LogP contribution in [0.1, 0.15) is 15.9 Å². The molecular formula is C11H14N2O2. The van der Waals surface area contributed by atoms with Crippen molar-refractivity contribution in [3.05, 3.63) is 29.3 Å². The largest absolute Gasteiger partial charge is 0.492 e. The van der Waals surface area contributed by atoms with Gasteiger partial charge in [-0.1, -0.05) is 6.07 Å². The van der Waals surface area contributed by atoms with Gasteiger partial charge in [0.2, 0.25) is 0 Å². The Morgan fingerprint density at radius 2 is 2.40 bits per heavy atom. The summed E-state index contributed by atoms with van der Waals surface area (Å²) in [6, 6.07) is 5.45. The van der Waals surface area contributed by atoms with Gasteiger partial charge in [-0.3, -0.25) is 4.79 Å². The Bertz CT molecular complexity index is 390. The summed E-state index contributed by atoms with van der Waals surface area (Å²) in [5.74, 6) is 0.683. The minimum Gasteiger partial charge on any atom is -0.492 e. The summed E-state index contributed by atoms with van der Waals surface area (Å²) in [5.41, 5.74) is 7.37. The van der Waals surface area contributed by atoms with Crippen molar-refractivity contribution in [2.24, 2.45) is 5.73 Å². The summed E-state index contributed by atoms with van der Waals surface area (Å²) in [5, 5.41) is 2.61. The Kier molecular flexibility index (Phi) is 2.60. The van der Waals surface area contributed by atoms with E-state index in [1.807, 2.05) is 12.1 Å². The van der Waals surface area contributed by atoms with Crippen LogP contribution in [0.25, 0.3) is 0 Å². The van der Waals surface area contributed by atoms with Gasteiger partial charge in [0.05, 0.1) is 0 Å². The summed E-state index contributed by atoms with van der Waals surface area (Å²) in [4.78, 5) is 11.6. The van der Waals surface area contributed by atoms with E-state index in [0.717, 1.165) is 11.3 Å². The van der Waals surface area contributed by atoms with Crippen molar-refractivity contribution in [3.63, 3.8) is 0 Å². The molecule has 2 rings (SSSR count). The third-order valence-electron chi connectivity index (χ3n) is 2.52. The molecule has 1 aliphatic heterocycles. The quantitative estimate of drug-likeness (QED) is 0.695. The van der Waals surface area contributed by atoms with E-state index in [0.29, 0.717) is 18.6 Å². The Labute approximate surface area is 88.4 Å². The lowest BCUT2D eigenvalue weighted by Gasteiger charge is -2.24. The molecule has 0 saturated heterocycles. The number of hydrogen-bond donors (Lipinski definition) is 2. The molecule has 0 aromatic heterocycles. The summed E-state index contributed by atoms with van der Waals surface area (Å²) < 4.78 is 5.47. The number of carbonyl (C=O) groups is 1. The van der Waals surface area contributed by atoms with Crippen molar-refractivity contribution < 1.29 is 9.53 Å². The molecule has 4 heteroatoms. The fraction of sp³-hybridized carbons (Fsp3) is 0.364.